The zero-order valence-electron chi connectivity index (χ0n) is 10.5. The summed E-state index contributed by atoms with van der Waals surface area (Å²) in [6.45, 7) is 2.08. The summed E-state index contributed by atoms with van der Waals surface area (Å²) in [5, 5.41) is 2.21. The summed E-state index contributed by atoms with van der Waals surface area (Å²) in [6, 6.07) is 7.72. The molecule has 1 heterocycles. The highest BCUT2D eigenvalue weighted by atomic mass is 32.2. The molecule has 0 aliphatic heterocycles. The highest BCUT2D eigenvalue weighted by Crippen LogP contribution is 2.25. The molecule has 0 aliphatic rings. The van der Waals surface area contributed by atoms with E-state index in [0.717, 1.165) is 16.8 Å². The van der Waals surface area contributed by atoms with Gasteiger partial charge in [-0.3, -0.25) is 4.72 Å². The van der Waals surface area contributed by atoms with Crippen molar-refractivity contribution in [1.29, 1.82) is 0 Å². The number of nitrogens with two attached hydrogens (primary N) is 1. The molecule has 0 radical (unpaired) electrons. The van der Waals surface area contributed by atoms with Gasteiger partial charge in [0.25, 0.3) is 0 Å². The second kappa shape index (κ2) is 5.68. The molecule has 2 aromatic rings. The summed E-state index contributed by atoms with van der Waals surface area (Å²) in [5.41, 5.74) is 8.28. The van der Waals surface area contributed by atoms with E-state index in [1.54, 1.807) is 6.92 Å². The fourth-order valence-electron chi connectivity index (χ4n) is 1.47. The average Bonchev–Trinajstić information content (AvgIpc) is 2.86. The van der Waals surface area contributed by atoms with Crippen LogP contribution in [0.3, 0.4) is 0 Å². The van der Waals surface area contributed by atoms with E-state index < -0.39 is 10.0 Å². The Morgan fingerprint density at radius 2 is 2.00 bits per heavy atom. The zero-order chi connectivity index (χ0) is 13.9. The molecule has 0 spiro atoms. The van der Waals surface area contributed by atoms with Gasteiger partial charge in [-0.05, 0) is 12.5 Å². The number of benzene rings is 1. The first-order chi connectivity index (χ1) is 9.04. The molecule has 0 aliphatic carbocycles. The molecule has 0 amide bonds. The Balaban J connectivity index is 2.20. The van der Waals surface area contributed by atoms with E-state index >= 15 is 0 Å². The van der Waals surface area contributed by atoms with Gasteiger partial charge in [0.1, 0.15) is 0 Å². The molecule has 19 heavy (non-hydrogen) atoms. The molecule has 102 valence electrons. The van der Waals surface area contributed by atoms with Gasteiger partial charge < -0.3 is 5.73 Å². The monoisotopic (exact) mass is 297 g/mol. The minimum Gasteiger partial charge on any atom is -0.326 e. The zero-order valence-corrected chi connectivity index (χ0v) is 12.1. The Hall–Kier alpha value is -1.44. The van der Waals surface area contributed by atoms with Crippen molar-refractivity contribution in [1.82, 2.24) is 4.98 Å². The van der Waals surface area contributed by atoms with Crippen molar-refractivity contribution < 1.29 is 8.42 Å². The molecule has 0 fully saturated rings. The van der Waals surface area contributed by atoms with E-state index in [-0.39, 0.29) is 5.75 Å². The molecular weight excluding hydrogens is 282 g/mol. The van der Waals surface area contributed by atoms with E-state index in [1.807, 2.05) is 29.6 Å². The molecule has 0 atom stereocenters. The van der Waals surface area contributed by atoms with Crippen molar-refractivity contribution in [3.8, 4) is 11.3 Å². The standard InChI is InChI=1S/C12H15N3O2S2/c1-2-19(16,17)15-12-14-11(8-18-12)10-5-3-9(7-13)4-6-10/h3-6,8H,2,7,13H2,1H3,(H,14,15). The maximum atomic E-state index is 11.4. The highest BCUT2D eigenvalue weighted by molar-refractivity contribution is 7.92. The van der Waals surface area contributed by atoms with Crippen molar-refractivity contribution in [2.45, 2.75) is 13.5 Å². The lowest BCUT2D eigenvalue weighted by Crippen LogP contribution is -2.14. The van der Waals surface area contributed by atoms with Gasteiger partial charge in [0.05, 0.1) is 11.4 Å². The van der Waals surface area contributed by atoms with Gasteiger partial charge in [-0.15, -0.1) is 11.3 Å². The largest absolute Gasteiger partial charge is 0.326 e. The molecule has 7 heteroatoms. The van der Waals surface area contributed by atoms with Crippen molar-refractivity contribution in [2.75, 3.05) is 10.5 Å². The third kappa shape index (κ3) is 3.52. The molecule has 1 aromatic heterocycles. The van der Waals surface area contributed by atoms with E-state index in [2.05, 4.69) is 9.71 Å². The highest BCUT2D eigenvalue weighted by Gasteiger charge is 2.10. The second-order valence-electron chi connectivity index (χ2n) is 3.94. The third-order valence-corrected chi connectivity index (χ3v) is 4.76. The number of rotatable bonds is 5. The van der Waals surface area contributed by atoms with Gasteiger partial charge in [-0.25, -0.2) is 13.4 Å². The van der Waals surface area contributed by atoms with Crippen LogP contribution in [0.4, 0.5) is 5.13 Å². The van der Waals surface area contributed by atoms with Crippen LogP contribution in [0.15, 0.2) is 29.6 Å². The van der Waals surface area contributed by atoms with Gasteiger partial charge in [0.2, 0.25) is 10.0 Å². The first-order valence-corrected chi connectivity index (χ1v) is 8.32. The minimum absolute atomic E-state index is 0.0348. The lowest BCUT2D eigenvalue weighted by molar-refractivity contribution is 0.602. The summed E-state index contributed by atoms with van der Waals surface area (Å²) in [7, 11) is -3.27. The summed E-state index contributed by atoms with van der Waals surface area (Å²) in [4.78, 5) is 4.27. The van der Waals surface area contributed by atoms with E-state index in [9.17, 15) is 8.42 Å². The molecule has 1 aromatic carbocycles. The van der Waals surface area contributed by atoms with Crippen LogP contribution in [0.2, 0.25) is 0 Å². The molecule has 0 unspecified atom stereocenters. The molecule has 0 bridgehead atoms. The average molecular weight is 297 g/mol. The van der Waals surface area contributed by atoms with Gasteiger partial charge in [-0.1, -0.05) is 24.3 Å². The number of nitrogens with one attached hydrogen (secondary N) is 1. The van der Waals surface area contributed by atoms with Crippen molar-refractivity contribution >= 4 is 26.5 Å². The molecule has 3 N–H and O–H groups in total. The third-order valence-electron chi connectivity index (χ3n) is 2.61. The van der Waals surface area contributed by atoms with Crippen LogP contribution in [-0.2, 0) is 16.6 Å². The first kappa shape index (κ1) is 14.0. The van der Waals surface area contributed by atoms with Crippen molar-refractivity contribution in [2.24, 2.45) is 5.73 Å². The van der Waals surface area contributed by atoms with Crippen LogP contribution in [0.5, 0.6) is 0 Å². The SMILES string of the molecule is CCS(=O)(=O)Nc1nc(-c2ccc(CN)cc2)cs1. The Morgan fingerprint density at radius 1 is 1.32 bits per heavy atom. The quantitative estimate of drug-likeness (QED) is 0.884. The predicted molar refractivity (Wildman–Crippen MR) is 78.5 cm³/mol. The number of hydrogen-bond acceptors (Lipinski definition) is 5. The number of nitrogens with zero attached hydrogens (tertiary/aromatic N) is 1. The number of hydrogen-bond donors (Lipinski definition) is 2. The smallest absolute Gasteiger partial charge is 0.234 e. The number of anilines is 1. The van der Waals surface area contributed by atoms with Crippen LogP contribution >= 0.6 is 11.3 Å². The van der Waals surface area contributed by atoms with Gasteiger partial charge in [0, 0.05) is 17.5 Å². The van der Waals surface area contributed by atoms with Crippen LogP contribution in [0.25, 0.3) is 11.3 Å². The fourth-order valence-corrected chi connectivity index (χ4v) is 3.06. The van der Waals surface area contributed by atoms with Gasteiger partial charge >= 0.3 is 0 Å². The van der Waals surface area contributed by atoms with E-state index in [0.29, 0.717) is 11.7 Å². The maximum absolute atomic E-state index is 11.4. The predicted octanol–water partition coefficient (Wildman–Crippen LogP) is 2.03. The van der Waals surface area contributed by atoms with Crippen LogP contribution < -0.4 is 10.5 Å². The molecule has 5 nitrogen and oxygen atoms in total. The Bertz CT molecular complexity index is 648. The Morgan fingerprint density at radius 3 is 2.58 bits per heavy atom. The lowest BCUT2D eigenvalue weighted by atomic mass is 10.1. The van der Waals surface area contributed by atoms with Crippen molar-refractivity contribution in [3.05, 3.63) is 35.2 Å². The molecular formula is C12H15N3O2S2. The lowest BCUT2D eigenvalue weighted by Gasteiger charge is -2.01. The van der Waals surface area contributed by atoms with Crippen LogP contribution in [-0.4, -0.2) is 19.2 Å². The summed E-state index contributed by atoms with van der Waals surface area (Å²) < 4.78 is 25.3. The summed E-state index contributed by atoms with van der Waals surface area (Å²) in [6.07, 6.45) is 0. The fraction of sp³-hybridized carbons (Fsp3) is 0.250. The maximum Gasteiger partial charge on any atom is 0.234 e. The molecule has 0 saturated carbocycles. The Kier molecular flexibility index (Phi) is 4.18. The van der Waals surface area contributed by atoms with Gasteiger partial charge in [-0.2, -0.15) is 0 Å². The van der Waals surface area contributed by atoms with E-state index in [4.69, 9.17) is 5.73 Å². The number of aromatic nitrogens is 1. The van der Waals surface area contributed by atoms with Gasteiger partial charge in [0.15, 0.2) is 5.13 Å². The van der Waals surface area contributed by atoms with Crippen LogP contribution in [0.1, 0.15) is 12.5 Å². The first-order valence-electron chi connectivity index (χ1n) is 5.79. The normalized spacial score (nSPS) is 11.5. The Labute approximate surface area is 116 Å². The number of thiazole rings is 1. The summed E-state index contributed by atoms with van der Waals surface area (Å²) in [5.74, 6) is 0.0348. The molecule has 0 saturated heterocycles. The van der Waals surface area contributed by atoms with Crippen molar-refractivity contribution in [3.63, 3.8) is 0 Å². The second-order valence-corrected chi connectivity index (χ2v) is 6.81. The topological polar surface area (TPSA) is 85.1 Å². The summed E-state index contributed by atoms with van der Waals surface area (Å²) >= 11 is 1.27. The molecule has 2 rings (SSSR count). The number of sulfonamides is 1. The minimum atomic E-state index is -3.27. The van der Waals surface area contributed by atoms with Crippen LogP contribution in [0, 0.1) is 0 Å². The van der Waals surface area contributed by atoms with E-state index in [1.165, 1.54) is 11.3 Å².